The number of rotatable bonds is 17. The Morgan fingerprint density at radius 1 is 0.741 bits per heavy atom. The van der Waals surface area contributed by atoms with Gasteiger partial charge in [0.05, 0.1) is 0 Å². The van der Waals surface area contributed by atoms with Crippen LogP contribution in [0, 0.1) is 0 Å². The van der Waals surface area contributed by atoms with Crippen molar-refractivity contribution in [1.82, 2.24) is 0 Å². The van der Waals surface area contributed by atoms with Gasteiger partial charge in [-0.05, 0) is 50.7 Å². The zero-order chi connectivity index (χ0) is 19.8. The summed E-state index contributed by atoms with van der Waals surface area (Å²) in [7, 11) is 0. The van der Waals surface area contributed by atoms with Gasteiger partial charge < -0.3 is 4.74 Å². The molecule has 0 atom stereocenters. The fourth-order valence-electron chi connectivity index (χ4n) is 2.16. The van der Waals surface area contributed by atoms with E-state index in [4.69, 9.17) is 4.74 Å². The van der Waals surface area contributed by atoms with Crippen molar-refractivity contribution < 1.29 is 9.53 Å². The van der Waals surface area contributed by atoms with Crippen LogP contribution in [0.3, 0.4) is 0 Å². The number of unbranched alkanes of at least 4 members (excludes halogenated alkanes) is 1. The molecule has 0 heterocycles. The summed E-state index contributed by atoms with van der Waals surface area (Å²) in [5, 5.41) is 0. The van der Waals surface area contributed by atoms with Gasteiger partial charge in [0.15, 0.2) is 0 Å². The maximum atomic E-state index is 11.5. The predicted molar refractivity (Wildman–Crippen MR) is 122 cm³/mol. The fourth-order valence-corrected chi connectivity index (χ4v) is 2.65. The van der Waals surface area contributed by atoms with Crippen LogP contribution in [0.15, 0.2) is 60.8 Å². The van der Waals surface area contributed by atoms with Crippen molar-refractivity contribution in [3.8, 4) is 0 Å². The number of esters is 1. The zero-order valence-electron chi connectivity index (χ0n) is 17.3. The Bertz CT molecular complexity index is 473. The molecule has 0 amide bonds. The molecule has 152 valence electrons. The maximum absolute atomic E-state index is 11.5. The summed E-state index contributed by atoms with van der Waals surface area (Å²) >= 11 is 1.79. The first-order chi connectivity index (χ1) is 13.3. The van der Waals surface area contributed by atoms with Crippen LogP contribution in [0.2, 0.25) is 0 Å². The number of allylic oxidation sites excluding steroid dienone is 10. The number of hydrogen-bond donors (Lipinski definition) is 0. The van der Waals surface area contributed by atoms with Crippen LogP contribution < -0.4 is 0 Å². The van der Waals surface area contributed by atoms with E-state index in [1.807, 2.05) is 0 Å². The first kappa shape index (κ1) is 25.5. The molecule has 0 saturated heterocycles. The van der Waals surface area contributed by atoms with E-state index < -0.39 is 0 Å². The Kier molecular flexibility index (Phi) is 21.3. The molecule has 3 heteroatoms. The van der Waals surface area contributed by atoms with Crippen molar-refractivity contribution in [3.05, 3.63) is 60.8 Å². The van der Waals surface area contributed by atoms with Crippen molar-refractivity contribution in [2.75, 3.05) is 18.1 Å². The largest absolute Gasteiger partial charge is 0.465 e. The molecular weight excluding hydrogens is 352 g/mol. The van der Waals surface area contributed by atoms with E-state index in [0.717, 1.165) is 56.5 Å². The molecule has 27 heavy (non-hydrogen) atoms. The minimum Gasteiger partial charge on any atom is -0.465 e. The van der Waals surface area contributed by atoms with E-state index in [0.29, 0.717) is 13.0 Å². The topological polar surface area (TPSA) is 26.3 Å². The number of carbonyl (C=O) groups is 1. The summed E-state index contributed by atoms with van der Waals surface area (Å²) < 4.78 is 5.15. The van der Waals surface area contributed by atoms with Gasteiger partial charge in [0.2, 0.25) is 0 Å². The average Bonchev–Trinajstić information content (AvgIpc) is 2.67. The normalized spacial score (nSPS) is 12.5. The second kappa shape index (κ2) is 22.6. The third-order valence-electron chi connectivity index (χ3n) is 3.60. The molecule has 0 aliphatic carbocycles. The van der Waals surface area contributed by atoms with Crippen molar-refractivity contribution in [3.63, 3.8) is 0 Å². The highest BCUT2D eigenvalue weighted by Crippen LogP contribution is 2.02. The van der Waals surface area contributed by atoms with Gasteiger partial charge in [-0.3, -0.25) is 4.79 Å². The van der Waals surface area contributed by atoms with E-state index in [2.05, 4.69) is 74.6 Å². The average molecular weight is 391 g/mol. The van der Waals surface area contributed by atoms with Crippen LogP contribution >= 0.6 is 11.8 Å². The molecule has 0 N–H and O–H groups in total. The third kappa shape index (κ3) is 22.5. The molecule has 0 unspecified atom stereocenters. The van der Waals surface area contributed by atoms with Gasteiger partial charge in [0.25, 0.3) is 0 Å². The highest BCUT2D eigenvalue weighted by atomic mass is 32.2. The van der Waals surface area contributed by atoms with E-state index in [-0.39, 0.29) is 5.97 Å². The number of hydrogen-bond acceptors (Lipinski definition) is 3. The Hall–Kier alpha value is -1.48. The molecule has 0 aromatic carbocycles. The van der Waals surface area contributed by atoms with Gasteiger partial charge in [-0.2, -0.15) is 11.8 Å². The smallest absolute Gasteiger partial charge is 0.306 e. The monoisotopic (exact) mass is 390 g/mol. The second-order valence-electron chi connectivity index (χ2n) is 6.01. The van der Waals surface area contributed by atoms with Crippen molar-refractivity contribution in [2.24, 2.45) is 0 Å². The molecule has 0 aliphatic heterocycles. The summed E-state index contributed by atoms with van der Waals surface area (Å²) in [6.07, 6.45) is 29.4. The number of ether oxygens (including phenoxy) is 1. The van der Waals surface area contributed by atoms with E-state index in [1.165, 1.54) is 0 Å². The standard InChI is InChI=1S/C24H38O2S/c1-3-5-6-7-8-9-10-11-12-13-14-15-16-17-18-19-20-21-24(25)26-22-23-27-4-2/h5-6,8-9,11-12,14-15,18-19H,3-4,7,10,13,16-17,20-23H2,1-2H3/b6-5-,9-8-,12-11-,15-14-,19-18+. The highest BCUT2D eigenvalue weighted by Gasteiger charge is 1.99. The second-order valence-corrected chi connectivity index (χ2v) is 7.40. The van der Waals surface area contributed by atoms with Gasteiger partial charge in [-0.15, -0.1) is 0 Å². The molecule has 0 radical (unpaired) electrons. The van der Waals surface area contributed by atoms with Crippen LogP contribution in [0.5, 0.6) is 0 Å². The van der Waals surface area contributed by atoms with Crippen LogP contribution in [0.25, 0.3) is 0 Å². The lowest BCUT2D eigenvalue weighted by Crippen LogP contribution is -2.06. The quantitative estimate of drug-likeness (QED) is 0.149. The lowest BCUT2D eigenvalue weighted by atomic mass is 10.2. The summed E-state index contributed by atoms with van der Waals surface area (Å²) in [6, 6.07) is 0. The molecule has 0 aromatic rings. The Morgan fingerprint density at radius 3 is 1.85 bits per heavy atom. The molecule has 0 saturated carbocycles. The molecule has 0 spiro atoms. The van der Waals surface area contributed by atoms with Gasteiger partial charge >= 0.3 is 5.97 Å². The Morgan fingerprint density at radius 2 is 1.26 bits per heavy atom. The molecule has 0 rings (SSSR count). The molecule has 2 nitrogen and oxygen atoms in total. The maximum Gasteiger partial charge on any atom is 0.306 e. The number of thioether (sulfide) groups is 1. The predicted octanol–water partition coefficient (Wildman–Crippen LogP) is 7.20. The van der Waals surface area contributed by atoms with Gasteiger partial charge in [-0.25, -0.2) is 0 Å². The van der Waals surface area contributed by atoms with Gasteiger partial charge in [0.1, 0.15) is 6.61 Å². The first-order valence-electron chi connectivity index (χ1n) is 10.3. The molecular formula is C24H38O2S. The van der Waals surface area contributed by atoms with E-state index in [9.17, 15) is 4.79 Å². The van der Waals surface area contributed by atoms with Crippen molar-refractivity contribution in [2.45, 2.75) is 65.2 Å². The zero-order valence-corrected chi connectivity index (χ0v) is 18.1. The highest BCUT2D eigenvalue weighted by molar-refractivity contribution is 7.99. The van der Waals surface area contributed by atoms with Crippen LogP contribution in [0.4, 0.5) is 0 Å². The number of carbonyl (C=O) groups excluding carboxylic acids is 1. The molecule has 0 bridgehead atoms. The van der Waals surface area contributed by atoms with E-state index in [1.54, 1.807) is 11.8 Å². The minimum atomic E-state index is -0.0877. The lowest BCUT2D eigenvalue weighted by Gasteiger charge is -2.02. The third-order valence-corrected chi connectivity index (χ3v) is 4.46. The van der Waals surface area contributed by atoms with Crippen LogP contribution in [-0.4, -0.2) is 24.1 Å². The lowest BCUT2D eigenvalue weighted by molar-refractivity contribution is -0.142. The fraction of sp³-hybridized carbons (Fsp3) is 0.542. The Balaban J connectivity index is 3.48. The molecule has 0 aliphatic rings. The Labute approximate surface area is 171 Å². The van der Waals surface area contributed by atoms with Gasteiger partial charge in [0, 0.05) is 12.2 Å². The SMILES string of the molecule is CC/C=C\C/C=C\C/C=C\C/C=C\CC/C=C/CCC(=O)OCCSCC. The summed E-state index contributed by atoms with van der Waals surface area (Å²) in [4.78, 5) is 11.5. The van der Waals surface area contributed by atoms with E-state index >= 15 is 0 Å². The van der Waals surface area contributed by atoms with Crippen molar-refractivity contribution in [1.29, 1.82) is 0 Å². The molecule has 0 fully saturated rings. The van der Waals surface area contributed by atoms with Gasteiger partial charge in [-0.1, -0.05) is 74.6 Å². The summed E-state index contributed by atoms with van der Waals surface area (Å²) in [6.45, 7) is 4.80. The molecule has 0 aromatic heterocycles. The van der Waals surface area contributed by atoms with Crippen LogP contribution in [-0.2, 0) is 9.53 Å². The first-order valence-corrected chi connectivity index (χ1v) is 11.4. The van der Waals surface area contributed by atoms with Crippen LogP contribution in [0.1, 0.15) is 65.2 Å². The minimum absolute atomic E-state index is 0.0877. The summed E-state index contributed by atoms with van der Waals surface area (Å²) in [5.41, 5.74) is 0. The summed E-state index contributed by atoms with van der Waals surface area (Å²) in [5.74, 6) is 1.88. The van der Waals surface area contributed by atoms with Crippen molar-refractivity contribution >= 4 is 17.7 Å².